The number of aldehydes is 1. The largest absolute Gasteiger partial charge is 0.388 e. The van der Waals surface area contributed by atoms with Gasteiger partial charge in [-0.15, -0.1) is 0 Å². The molecule has 0 aromatic heterocycles. The van der Waals surface area contributed by atoms with Gasteiger partial charge in [0.05, 0.1) is 0 Å². The van der Waals surface area contributed by atoms with Crippen LogP contribution in [-0.2, 0) is 4.79 Å². The molecule has 0 heterocycles. The van der Waals surface area contributed by atoms with E-state index in [1.165, 1.54) is 0 Å². The van der Waals surface area contributed by atoms with Crippen LogP contribution < -0.4 is 0 Å². The molecule has 4 N–H and O–H groups in total. The van der Waals surface area contributed by atoms with Crippen LogP contribution in [-0.4, -0.2) is 57.8 Å². The van der Waals surface area contributed by atoms with Crippen LogP contribution in [0.5, 0.6) is 0 Å². The van der Waals surface area contributed by atoms with Crippen LogP contribution in [0.1, 0.15) is 0 Å². The second-order valence-electron chi connectivity index (χ2n) is 2.33. The van der Waals surface area contributed by atoms with Crippen LogP contribution >= 0.6 is 0 Å². The van der Waals surface area contributed by atoms with Crippen molar-refractivity contribution in [3.05, 3.63) is 0 Å². The normalized spacial score (nSPS) is 21.1. The molecule has 0 aromatic carbocycles. The predicted molar refractivity (Wildman–Crippen MR) is 36.1 cm³/mol. The van der Waals surface area contributed by atoms with Crippen molar-refractivity contribution in [2.75, 3.05) is 6.67 Å². The Bertz CT molecular complexity index is 142. The minimum Gasteiger partial charge on any atom is -0.388 e. The molecular formula is C6H11FO5. The van der Waals surface area contributed by atoms with Crippen molar-refractivity contribution in [3.63, 3.8) is 0 Å². The van der Waals surface area contributed by atoms with Gasteiger partial charge in [-0.3, -0.25) is 0 Å². The lowest BCUT2D eigenvalue weighted by atomic mass is 10.0. The summed E-state index contributed by atoms with van der Waals surface area (Å²) in [5, 5.41) is 34.9. The van der Waals surface area contributed by atoms with E-state index < -0.39 is 31.1 Å². The number of carbonyl (C=O) groups excluding carboxylic acids is 1. The van der Waals surface area contributed by atoms with Gasteiger partial charge < -0.3 is 25.2 Å². The standard InChI is InChI=1S/C6H11FO5/c7-1-3(9)5(11)6(12)4(10)2-8/h2-6,9-12H,1H2/t3?,4-,5+,6+/m0/s1. The SMILES string of the molecule is O=C[C@H](O)[C@@H](O)[C@H](O)C(O)CF. The number of halogens is 1. The molecule has 5 nitrogen and oxygen atoms in total. The van der Waals surface area contributed by atoms with E-state index in [-0.39, 0.29) is 6.29 Å². The summed E-state index contributed by atoms with van der Waals surface area (Å²) in [4.78, 5) is 9.87. The van der Waals surface area contributed by atoms with Crippen molar-refractivity contribution >= 4 is 6.29 Å². The van der Waals surface area contributed by atoms with Crippen LogP contribution in [0.4, 0.5) is 4.39 Å². The number of hydrogen-bond donors (Lipinski definition) is 4. The zero-order valence-corrected chi connectivity index (χ0v) is 6.17. The van der Waals surface area contributed by atoms with Crippen LogP contribution in [0, 0.1) is 0 Å². The first-order valence-electron chi connectivity index (χ1n) is 3.28. The minimum absolute atomic E-state index is 0.0150. The summed E-state index contributed by atoms with van der Waals surface area (Å²) >= 11 is 0. The second kappa shape index (κ2) is 5.15. The summed E-state index contributed by atoms with van der Waals surface area (Å²) in [6.07, 6.45) is -7.36. The van der Waals surface area contributed by atoms with Gasteiger partial charge in [0, 0.05) is 0 Å². The molecule has 0 fully saturated rings. The fourth-order valence-electron chi connectivity index (χ4n) is 0.601. The van der Waals surface area contributed by atoms with Crippen molar-refractivity contribution in [3.8, 4) is 0 Å². The second-order valence-corrected chi connectivity index (χ2v) is 2.33. The Morgan fingerprint density at radius 2 is 1.67 bits per heavy atom. The van der Waals surface area contributed by atoms with E-state index >= 15 is 0 Å². The molecular weight excluding hydrogens is 171 g/mol. The topological polar surface area (TPSA) is 98.0 Å². The van der Waals surface area contributed by atoms with Gasteiger partial charge in [-0.1, -0.05) is 0 Å². The predicted octanol–water partition coefficient (Wildman–Crippen LogP) is -2.40. The molecule has 0 saturated carbocycles. The minimum atomic E-state index is -1.87. The number of hydrogen-bond acceptors (Lipinski definition) is 5. The lowest BCUT2D eigenvalue weighted by Gasteiger charge is -2.21. The fourth-order valence-corrected chi connectivity index (χ4v) is 0.601. The lowest BCUT2D eigenvalue weighted by molar-refractivity contribution is -0.134. The zero-order valence-electron chi connectivity index (χ0n) is 6.17. The summed E-state index contributed by atoms with van der Waals surface area (Å²) < 4.78 is 11.7. The molecule has 0 aromatic rings. The molecule has 0 radical (unpaired) electrons. The van der Waals surface area contributed by atoms with Gasteiger partial charge in [-0.25, -0.2) is 4.39 Å². The van der Waals surface area contributed by atoms with Gasteiger partial charge in [-0.2, -0.15) is 0 Å². The number of alkyl halides is 1. The molecule has 4 atom stereocenters. The van der Waals surface area contributed by atoms with E-state index in [0.717, 1.165) is 0 Å². The third-order valence-corrected chi connectivity index (χ3v) is 1.39. The van der Waals surface area contributed by atoms with Crippen LogP contribution in [0.25, 0.3) is 0 Å². The van der Waals surface area contributed by atoms with Gasteiger partial charge in [0.25, 0.3) is 0 Å². The molecule has 0 aliphatic carbocycles. The van der Waals surface area contributed by atoms with Crippen molar-refractivity contribution in [1.82, 2.24) is 0 Å². The fraction of sp³-hybridized carbons (Fsp3) is 0.833. The van der Waals surface area contributed by atoms with Gasteiger partial charge >= 0.3 is 0 Å². The molecule has 0 rings (SSSR count). The number of aliphatic hydroxyl groups excluding tert-OH is 4. The molecule has 0 bridgehead atoms. The molecule has 0 aliphatic heterocycles. The van der Waals surface area contributed by atoms with Crippen LogP contribution in [0.3, 0.4) is 0 Å². The summed E-state index contributed by atoms with van der Waals surface area (Å²) in [7, 11) is 0. The monoisotopic (exact) mass is 182 g/mol. The highest BCUT2D eigenvalue weighted by Gasteiger charge is 2.29. The third-order valence-electron chi connectivity index (χ3n) is 1.39. The van der Waals surface area contributed by atoms with Gasteiger partial charge in [0.15, 0.2) is 6.29 Å². The molecule has 6 heteroatoms. The molecule has 12 heavy (non-hydrogen) atoms. The lowest BCUT2D eigenvalue weighted by Crippen LogP contribution is -2.45. The summed E-state index contributed by atoms with van der Waals surface area (Å²) in [6.45, 7) is -1.26. The Morgan fingerprint density at radius 1 is 1.17 bits per heavy atom. The Balaban J connectivity index is 4.07. The van der Waals surface area contributed by atoms with E-state index in [1.807, 2.05) is 0 Å². The van der Waals surface area contributed by atoms with E-state index in [1.54, 1.807) is 0 Å². The first-order valence-corrected chi connectivity index (χ1v) is 3.28. The van der Waals surface area contributed by atoms with Gasteiger partial charge in [0.2, 0.25) is 0 Å². The third kappa shape index (κ3) is 2.82. The number of rotatable bonds is 5. The number of carbonyl (C=O) groups is 1. The highest BCUT2D eigenvalue weighted by Crippen LogP contribution is 2.04. The van der Waals surface area contributed by atoms with Crippen molar-refractivity contribution < 1.29 is 29.6 Å². The van der Waals surface area contributed by atoms with Gasteiger partial charge in [0.1, 0.15) is 31.1 Å². The first-order chi connectivity index (χ1) is 5.54. The Kier molecular flexibility index (Phi) is 4.91. The van der Waals surface area contributed by atoms with Gasteiger partial charge in [-0.05, 0) is 0 Å². The molecule has 0 saturated heterocycles. The quantitative estimate of drug-likeness (QED) is 0.355. The smallest absolute Gasteiger partial charge is 0.151 e. The van der Waals surface area contributed by atoms with E-state index in [4.69, 9.17) is 20.4 Å². The highest BCUT2D eigenvalue weighted by molar-refractivity contribution is 5.56. The first kappa shape index (κ1) is 11.4. The maximum atomic E-state index is 11.7. The average Bonchev–Trinajstić information content (AvgIpc) is 2.12. The summed E-state index contributed by atoms with van der Waals surface area (Å²) in [6, 6.07) is 0. The maximum Gasteiger partial charge on any atom is 0.151 e. The summed E-state index contributed by atoms with van der Waals surface area (Å²) in [5.74, 6) is 0. The summed E-state index contributed by atoms with van der Waals surface area (Å²) in [5.41, 5.74) is 0. The Hall–Kier alpha value is -0.560. The molecule has 0 spiro atoms. The average molecular weight is 182 g/mol. The van der Waals surface area contributed by atoms with Crippen LogP contribution in [0.2, 0.25) is 0 Å². The zero-order chi connectivity index (χ0) is 9.72. The van der Waals surface area contributed by atoms with E-state index in [0.29, 0.717) is 0 Å². The Labute approximate surface area is 68.1 Å². The number of aliphatic hydroxyl groups is 4. The molecule has 72 valence electrons. The van der Waals surface area contributed by atoms with E-state index in [2.05, 4.69) is 0 Å². The highest BCUT2D eigenvalue weighted by atomic mass is 19.1. The maximum absolute atomic E-state index is 11.7. The molecule has 0 amide bonds. The molecule has 1 unspecified atom stereocenters. The van der Waals surface area contributed by atoms with Crippen LogP contribution in [0.15, 0.2) is 0 Å². The Morgan fingerprint density at radius 3 is 2.00 bits per heavy atom. The molecule has 0 aliphatic rings. The van der Waals surface area contributed by atoms with Crippen molar-refractivity contribution in [2.45, 2.75) is 24.4 Å². The van der Waals surface area contributed by atoms with Crippen molar-refractivity contribution in [2.24, 2.45) is 0 Å². The van der Waals surface area contributed by atoms with Crippen molar-refractivity contribution in [1.29, 1.82) is 0 Å². The van der Waals surface area contributed by atoms with E-state index in [9.17, 15) is 9.18 Å².